The molecule has 1 nitrogen and oxygen atoms in total. The van der Waals surface area contributed by atoms with E-state index >= 15 is 0 Å². The van der Waals surface area contributed by atoms with Crippen LogP contribution < -0.4 is 5.73 Å². The molecular weight excluding hydrogens is 172 g/mol. The van der Waals surface area contributed by atoms with Crippen LogP contribution in [0.5, 0.6) is 0 Å². The zero-order valence-electron chi connectivity index (χ0n) is 7.72. The summed E-state index contributed by atoms with van der Waals surface area (Å²) in [4.78, 5) is 0. The van der Waals surface area contributed by atoms with Crippen LogP contribution in [0.1, 0.15) is 22.7 Å². The summed E-state index contributed by atoms with van der Waals surface area (Å²) in [5, 5.41) is 0. The first-order valence-electron chi connectivity index (χ1n) is 4.13. The van der Waals surface area contributed by atoms with Crippen molar-refractivity contribution in [3.63, 3.8) is 0 Å². The fraction of sp³-hybridized carbons (Fsp3) is 0.400. The molecule has 0 fully saturated rings. The van der Waals surface area contributed by atoms with Crippen molar-refractivity contribution < 1.29 is 8.78 Å². The minimum atomic E-state index is -2.50. The SMILES string of the molecule is Cc1ccc(C)c([C@@H](N)C(F)F)c1. The van der Waals surface area contributed by atoms with E-state index in [1.54, 1.807) is 13.0 Å². The van der Waals surface area contributed by atoms with Gasteiger partial charge in [0.15, 0.2) is 0 Å². The van der Waals surface area contributed by atoms with E-state index < -0.39 is 12.5 Å². The van der Waals surface area contributed by atoms with Crippen molar-refractivity contribution in [2.24, 2.45) is 5.73 Å². The zero-order chi connectivity index (χ0) is 10.0. The Morgan fingerprint density at radius 2 is 1.85 bits per heavy atom. The predicted octanol–water partition coefficient (Wildman–Crippen LogP) is 2.57. The molecule has 0 aliphatic heterocycles. The first-order chi connectivity index (χ1) is 6.02. The van der Waals surface area contributed by atoms with Gasteiger partial charge >= 0.3 is 0 Å². The molecule has 0 heterocycles. The van der Waals surface area contributed by atoms with Gasteiger partial charge in [0.05, 0.1) is 6.04 Å². The van der Waals surface area contributed by atoms with Crippen molar-refractivity contribution in [2.75, 3.05) is 0 Å². The Labute approximate surface area is 76.6 Å². The maximum absolute atomic E-state index is 12.3. The maximum atomic E-state index is 12.3. The molecule has 0 bridgehead atoms. The fourth-order valence-corrected chi connectivity index (χ4v) is 1.25. The average Bonchev–Trinajstić information content (AvgIpc) is 2.08. The zero-order valence-corrected chi connectivity index (χ0v) is 7.72. The normalized spacial score (nSPS) is 13.4. The Hall–Kier alpha value is -0.960. The van der Waals surface area contributed by atoms with E-state index in [4.69, 9.17) is 5.73 Å². The van der Waals surface area contributed by atoms with Crippen LogP contribution in [0.4, 0.5) is 8.78 Å². The fourth-order valence-electron chi connectivity index (χ4n) is 1.25. The molecule has 1 rings (SSSR count). The van der Waals surface area contributed by atoms with Crippen LogP contribution in [-0.2, 0) is 0 Å². The van der Waals surface area contributed by atoms with Crippen LogP contribution in [0, 0.1) is 13.8 Å². The lowest BCUT2D eigenvalue weighted by molar-refractivity contribution is 0.116. The molecule has 0 radical (unpaired) electrons. The second-order valence-corrected chi connectivity index (χ2v) is 3.22. The average molecular weight is 185 g/mol. The number of nitrogens with two attached hydrogens (primary N) is 1. The topological polar surface area (TPSA) is 26.0 Å². The first kappa shape index (κ1) is 10.1. The van der Waals surface area contributed by atoms with Gasteiger partial charge in [-0.25, -0.2) is 8.78 Å². The molecule has 0 unspecified atom stereocenters. The second-order valence-electron chi connectivity index (χ2n) is 3.22. The highest BCUT2D eigenvalue weighted by Gasteiger charge is 2.18. The molecule has 13 heavy (non-hydrogen) atoms. The Morgan fingerprint density at radius 1 is 1.23 bits per heavy atom. The van der Waals surface area contributed by atoms with Gasteiger partial charge < -0.3 is 5.73 Å². The highest BCUT2D eigenvalue weighted by Crippen LogP contribution is 2.22. The van der Waals surface area contributed by atoms with Crippen LogP contribution in [0.3, 0.4) is 0 Å². The lowest BCUT2D eigenvalue weighted by Crippen LogP contribution is -2.20. The van der Waals surface area contributed by atoms with Gasteiger partial charge in [-0.3, -0.25) is 0 Å². The third-order valence-corrected chi connectivity index (χ3v) is 2.07. The van der Waals surface area contributed by atoms with Gasteiger partial charge in [-0.2, -0.15) is 0 Å². The second kappa shape index (κ2) is 3.83. The third kappa shape index (κ3) is 2.25. The van der Waals surface area contributed by atoms with E-state index in [2.05, 4.69) is 0 Å². The summed E-state index contributed by atoms with van der Waals surface area (Å²) < 4.78 is 24.6. The van der Waals surface area contributed by atoms with Gasteiger partial charge in [0.25, 0.3) is 6.43 Å². The first-order valence-corrected chi connectivity index (χ1v) is 4.13. The van der Waals surface area contributed by atoms with Gasteiger partial charge in [-0.1, -0.05) is 23.8 Å². The molecular formula is C10H13F2N. The summed E-state index contributed by atoms with van der Waals surface area (Å²) in [6.07, 6.45) is -2.50. The largest absolute Gasteiger partial charge is 0.319 e. The number of benzene rings is 1. The molecule has 72 valence electrons. The quantitative estimate of drug-likeness (QED) is 0.752. The van der Waals surface area contributed by atoms with Crippen molar-refractivity contribution in [2.45, 2.75) is 26.3 Å². The summed E-state index contributed by atoms with van der Waals surface area (Å²) in [6.45, 7) is 3.65. The minimum absolute atomic E-state index is 0.537. The summed E-state index contributed by atoms with van der Waals surface area (Å²) >= 11 is 0. The monoisotopic (exact) mass is 185 g/mol. The van der Waals surface area contributed by atoms with Gasteiger partial charge in [0, 0.05) is 0 Å². The minimum Gasteiger partial charge on any atom is -0.319 e. The molecule has 0 aliphatic carbocycles. The van der Waals surface area contributed by atoms with E-state index in [-0.39, 0.29) is 0 Å². The van der Waals surface area contributed by atoms with Crippen molar-refractivity contribution in [3.05, 3.63) is 34.9 Å². The van der Waals surface area contributed by atoms with Gasteiger partial charge in [0.1, 0.15) is 0 Å². The molecule has 0 spiro atoms. The lowest BCUT2D eigenvalue weighted by atomic mass is 10.00. The molecule has 0 amide bonds. The molecule has 0 saturated heterocycles. The van der Waals surface area contributed by atoms with Crippen LogP contribution >= 0.6 is 0 Å². The number of aryl methyl sites for hydroxylation is 2. The Balaban J connectivity index is 3.05. The van der Waals surface area contributed by atoms with E-state index in [0.717, 1.165) is 11.1 Å². The highest BCUT2D eigenvalue weighted by atomic mass is 19.3. The predicted molar refractivity (Wildman–Crippen MR) is 48.8 cm³/mol. The van der Waals surface area contributed by atoms with E-state index in [1.165, 1.54) is 0 Å². The molecule has 3 heteroatoms. The number of halogens is 2. The van der Waals surface area contributed by atoms with Crippen molar-refractivity contribution in [1.82, 2.24) is 0 Å². The molecule has 0 aliphatic rings. The molecule has 1 atom stereocenters. The van der Waals surface area contributed by atoms with Gasteiger partial charge in [0.2, 0.25) is 0 Å². The standard InChI is InChI=1S/C10H13F2N/c1-6-3-4-7(2)8(5-6)9(13)10(11)12/h3-5,9-10H,13H2,1-2H3/t9-/m1/s1. The van der Waals surface area contributed by atoms with Crippen molar-refractivity contribution in [1.29, 1.82) is 0 Å². The Bertz CT molecular complexity index is 297. The Morgan fingerprint density at radius 3 is 2.38 bits per heavy atom. The lowest BCUT2D eigenvalue weighted by Gasteiger charge is -2.14. The van der Waals surface area contributed by atoms with Gasteiger partial charge in [-0.15, -0.1) is 0 Å². The number of hydrogen-bond donors (Lipinski definition) is 1. The molecule has 2 N–H and O–H groups in total. The number of alkyl halides is 2. The van der Waals surface area contributed by atoms with E-state index in [9.17, 15) is 8.78 Å². The molecule has 0 aromatic heterocycles. The van der Waals surface area contributed by atoms with Crippen LogP contribution in [-0.4, -0.2) is 6.43 Å². The highest BCUT2D eigenvalue weighted by molar-refractivity contribution is 5.33. The molecule has 1 aromatic rings. The van der Waals surface area contributed by atoms with Crippen LogP contribution in [0.25, 0.3) is 0 Å². The van der Waals surface area contributed by atoms with Crippen molar-refractivity contribution in [3.8, 4) is 0 Å². The van der Waals surface area contributed by atoms with E-state index in [1.807, 2.05) is 19.1 Å². The van der Waals surface area contributed by atoms with Crippen LogP contribution in [0.15, 0.2) is 18.2 Å². The summed E-state index contributed by atoms with van der Waals surface area (Å²) in [6, 6.07) is 4.25. The Kier molecular flexibility index (Phi) is 2.98. The summed E-state index contributed by atoms with van der Waals surface area (Å²) in [5.41, 5.74) is 7.67. The number of hydrogen-bond acceptors (Lipinski definition) is 1. The molecule has 0 saturated carbocycles. The van der Waals surface area contributed by atoms with E-state index in [0.29, 0.717) is 5.56 Å². The summed E-state index contributed by atoms with van der Waals surface area (Å²) in [5.74, 6) is 0. The van der Waals surface area contributed by atoms with Gasteiger partial charge in [-0.05, 0) is 25.0 Å². The van der Waals surface area contributed by atoms with Crippen molar-refractivity contribution >= 4 is 0 Å². The number of rotatable bonds is 2. The molecule has 1 aromatic carbocycles. The van der Waals surface area contributed by atoms with Crippen LogP contribution in [0.2, 0.25) is 0 Å². The maximum Gasteiger partial charge on any atom is 0.257 e. The third-order valence-electron chi connectivity index (χ3n) is 2.07. The smallest absolute Gasteiger partial charge is 0.257 e. The summed E-state index contributed by atoms with van der Waals surface area (Å²) in [7, 11) is 0.